The molecular formula is C24H16N2O4. The zero-order valence-corrected chi connectivity index (χ0v) is 15.7. The van der Waals surface area contributed by atoms with Crippen LogP contribution in [0.2, 0.25) is 0 Å². The number of hydrogen-bond donors (Lipinski definition) is 1. The van der Waals surface area contributed by atoms with Gasteiger partial charge in [0.15, 0.2) is 5.78 Å². The van der Waals surface area contributed by atoms with Gasteiger partial charge in [0.25, 0.3) is 11.2 Å². The Morgan fingerprint density at radius 3 is 2.27 bits per heavy atom. The van der Waals surface area contributed by atoms with E-state index in [9.17, 15) is 19.7 Å². The molecule has 0 saturated carbocycles. The number of benzene rings is 3. The molecule has 6 heteroatoms. The predicted octanol–water partition coefficient (Wildman–Crippen LogP) is 5.00. The molecule has 0 unspecified atom stereocenters. The van der Waals surface area contributed by atoms with E-state index in [2.05, 4.69) is 4.98 Å². The number of fused-ring (bicyclic) bond motifs is 1. The molecule has 146 valence electrons. The van der Waals surface area contributed by atoms with Gasteiger partial charge in [0.05, 0.1) is 10.5 Å². The number of aromatic nitrogens is 1. The Bertz CT molecular complexity index is 1340. The summed E-state index contributed by atoms with van der Waals surface area (Å²) in [5.74, 6) is -0.479. The molecule has 1 heterocycles. The first kappa shape index (κ1) is 19.0. The quantitative estimate of drug-likeness (QED) is 0.222. The molecule has 1 aromatic heterocycles. The van der Waals surface area contributed by atoms with Crippen molar-refractivity contribution in [3.63, 3.8) is 0 Å². The average molecular weight is 396 g/mol. The highest BCUT2D eigenvalue weighted by molar-refractivity contribution is 6.15. The molecule has 0 fully saturated rings. The van der Waals surface area contributed by atoms with Crippen molar-refractivity contribution < 1.29 is 9.72 Å². The van der Waals surface area contributed by atoms with E-state index in [1.54, 1.807) is 30.3 Å². The molecule has 0 atom stereocenters. The Morgan fingerprint density at radius 2 is 1.60 bits per heavy atom. The van der Waals surface area contributed by atoms with Crippen LogP contribution in [-0.2, 0) is 0 Å². The molecule has 0 bridgehead atoms. The number of H-pyrrole nitrogens is 1. The largest absolute Gasteiger partial charge is 0.321 e. The van der Waals surface area contributed by atoms with Crippen LogP contribution < -0.4 is 5.56 Å². The molecule has 0 amide bonds. The van der Waals surface area contributed by atoms with Crippen LogP contribution in [0.1, 0.15) is 15.9 Å². The van der Waals surface area contributed by atoms with Crippen molar-refractivity contribution in [3.05, 3.63) is 117 Å². The number of aromatic amines is 1. The van der Waals surface area contributed by atoms with E-state index < -0.39 is 16.3 Å². The molecule has 0 aliphatic carbocycles. The van der Waals surface area contributed by atoms with E-state index in [-0.39, 0.29) is 11.3 Å². The summed E-state index contributed by atoms with van der Waals surface area (Å²) in [4.78, 5) is 39.4. The minimum atomic E-state index is -0.544. The molecule has 1 N–H and O–H groups in total. The molecule has 0 spiro atoms. The zero-order valence-electron chi connectivity index (χ0n) is 15.7. The van der Waals surface area contributed by atoms with Gasteiger partial charge in [-0.1, -0.05) is 66.7 Å². The van der Waals surface area contributed by atoms with E-state index in [1.165, 1.54) is 24.3 Å². The van der Waals surface area contributed by atoms with Gasteiger partial charge >= 0.3 is 0 Å². The summed E-state index contributed by atoms with van der Waals surface area (Å²) in [6.07, 6.45) is 2.98. The van der Waals surface area contributed by atoms with Crippen LogP contribution in [0.5, 0.6) is 0 Å². The lowest BCUT2D eigenvalue weighted by molar-refractivity contribution is -0.384. The number of ketones is 1. The van der Waals surface area contributed by atoms with Crippen LogP contribution in [0.15, 0.2) is 89.7 Å². The van der Waals surface area contributed by atoms with Crippen molar-refractivity contribution in [1.82, 2.24) is 4.98 Å². The van der Waals surface area contributed by atoms with Crippen LogP contribution in [0.4, 0.5) is 5.69 Å². The summed E-state index contributed by atoms with van der Waals surface area (Å²) < 4.78 is 0. The second kappa shape index (κ2) is 7.97. The molecule has 6 nitrogen and oxygen atoms in total. The van der Waals surface area contributed by atoms with Gasteiger partial charge in [-0.05, 0) is 23.3 Å². The van der Waals surface area contributed by atoms with Crippen LogP contribution in [0.3, 0.4) is 0 Å². The van der Waals surface area contributed by atoms with Gasteiger partial charge in [0, 0.05) is 28.6 Å². The fourth-order valence-corrected chi connectivity index (χ4v) is 3.35. The highest BCUT2D eigenvalue weighted by Crippen LogP contribution is 2.32. The number of pyridine rings is 1. The van der Waals surface area contributed by atoms with Crippen molar-refractivity contribution in [1.29, 1.82) is 0 Å². The van der Waals surface area contributed by atoms with Gasteiger partial charge in [-0.2, -0.15) is 0 Å². The molecule has 4 aromatic rings. The number of nitrogens with zero attached hydrogens (tertiary/aromatic N) is 1. The van der Waals surface area contributed by atoms with Crippen LogP contribution in [-0.4, -0.2) is 15.7 Å². The molecular weight excluding hydrogens is 380 g/mol. The fourth-order valence-electron chi connectivity index (χ4n) is 3.35. The molecule has 30 heavy (non-hydrogen) atoms. The van der Waals surface area contributed by atoms with Gasteiger partial charge in [-0.25, -0.2) is 0 Å². The summed E-state index contributed by atoms with van der Waals surface area (Å²) in [6.45, 7) is 0. The first-order chi connectivity index (χ1) is 14.5. The highest BCUT2D eigenvalue weighted by atomic mass is 16.6. The second-order valence-corrected chi connectivity index (χ2v) is 6.67. The van der Waals surface area contributed by atoms with Gasteiger partial charge in [0.1, 0.15) is 0 Å². The van der Waals surface area contributed by atoms with Gasteiger partial charge in [-0.15, -0.1) is 0 Å². The summed E-state index contributed by atoms with van der Waals surface area (Å²) in [6, 6.07) is 22.4. The zero-order chi connectivity index (χ0) is 21.1. The lowest BCUT2D eigenvalue weighted by Gasteiger charge is -2.11. The van der Waals surface area contributed by atoms with E-state index >= 15 is 0 Å². The molecule has 0 aliphatic rings. The third-order valence-corrected chi connectivity index (χ3v) is 4.74. The van der Waals surface area contributed by atoms with Gasteiger partial charge < -0.3 is 4.98 Å². The Labute approximate surface area is 171 Å². The van der Waals surface area contributed by atoms with Crippen LogP contribution >= 0.6 is 0 Å². The summed E-state index contributed by atoms with van der Waals surface area (Å²) in [7, 11) is 0. The maximum absolute atomic E-state index is 13.1. The monoisotopic (exact) mass is 396 g/mol. The van der Waals surface area contributed by atoms with Crippen molar-refractivity contribution in [2.45, 2.75) is 0 Å². The number of nitro benzene ring substituents is 1. The lowest BCUT2D eigenvalue weighted by atomic mass is 9.93. The Morgan fingerprint density at radius 1 is 0.933 bits per heavy atom. The molecule has 4 rings (SSSR count). The van der Waals surface area contributed by atoms with Gasteiger partial charge in [-0.3, -0.25) is 19.7 Å². The number of allylic oxidation sites excluding steroid dienone is 1. The Hall–Kier alpha value is -4.32. The summed E-state index contributed by atoms with van der Waals surface area (Å²) in [5.41, 5.74) is 1.53. The molecule has 0 aliphatic heterocycles. The lowest BCUT2D eigenvalue weighted by Crippen LogP contribution is -2.18. The smallest absolute Gasteiger partial charge is 0.270 e. The Kier molecular flexibility index (Phi) is 5.05. The Balaban J connectivity index is 1.97. The second-order valence-electron chi connectivity index (χ2n) is 6.67. The molecule has 3 aromatic carbocycles. The first-order valence-corrected chi connectivity index (χ1v) is 9.22. The van der Waals surface area contributed by atoms with Crippen molar-refractivity contribution in [2.24, 2.45) is 0 Å². The number of hydrogen-bond acceptors (Lipinski definition) is 4. The topological polar surface area (TPSA) is 93.1 Å². The molecule has 0 radical (unpaired) electrons. The minimum Gasteiger partial charge on any atom is -0.321 e. The highest BCUT2D eigenvalue weighted by Gasteiger charge is 2.20. The number of carbonyl (C=O) groups excluding carboxylic acids is 1. The van der Waals surface area contributed by atoms with Crippen LogP contribution in [0, 0.1) is 10.1 Å². The number of nitrogens with one attached hydrogen (secondary N) is 1. The maximum atomic E-state index is 13.1. The van der Waals surface area contributed by atoms with E-state index in [1.807, 2.05) is 36.4 Å². The summed E-state index contributed by atoms with van der Waals surface area (Å²) >= 11 is 0. The third kappa shape index (κ3) is 3.66. The minimum absolute atomic E-state index is 0.0543. The van der Waals surface area contributed by atoms with Crippen molar-refractivity contribution in [3.8, 4) is 11.1 Å². The summed E-state index contributed by atoms with van der Waals surface area (Å²) in [5, 5.41) is 11.7. The average Bonchev–Trinajstić information content (AvgIpc) is 2.77. The van der Waals surface area contributed by atoms with Gasteiger partial charge in [0.2, 0.25) is 0 Å². The number of rotatable bonds is 5. The predicted molar refractivity (Wildman–Crippen MR) is 116 cm³/mol. The van der Waals surface area contributed by atoms with E-state index in [0.29, 0.717) is 22.0 Å². The molecule has 0 saturated heterocycles. The number of non-ortho nitro benzene ring substituents is 1. The normalized spacial score (nSPS) is 11.1. The third-order valence-electron chi connectivity index (χ3n) is 4.74. The number of carbonyl (C=O) groups is 1. The van der Waals surface area contributed by atoms with Crippen molar-refractivity contribution in [2.75, 3.05) is 0 Å². The van der Waals surface area contributed by atoms with E-state index in [0.717, 1.165) is 5.56 Å². The first-order valence-electron chi connectivity index (χ1n) is 9.22. The maximum Gasteiger partial charge on any atom is 0.270 e. The van der Waals surface area contributed by atoms with E-state index in [4.69, 9.17) is 0 Å². The fraction of sp³-hybridized carbons (Fsp3) is 0. The van der Waals surface area contributed by atoms with Crippen LogP contribution in [0.25, 0.3) is 28.1 Å². The van der Waals surface area contributed by atoms with Crippen molar-refractivity contribution >= 4 is 28.4 Å². The standard InChI is InChI=1S/C24H16N2O4/c27-21(14-11-16-7-3-1-4-8-16)23-22(17-9-5-2-6-10-17)19-15-18(26(29)30)12-13-20(19)25-24(23)28/h1-15H,(H,25,28)/b14-11+. The number of nitro groups is 1. The SMILES string of the molecule is O=C(/C=C/c1ccccc1)c1c(-c2ccccc2)c2cc([N+](=O)[O-])ccc2[nH]c1=O.